The van der Waals surface area contributed by atoms with Crippen LogP contribution in [0.5, 0.6) is 0 Å². The van der Waals surface area contributed by atoms with Crippen molar-refractivity contribution in [3.8, 4) is 0 Å². The number of nitrogens with one attached hydrogen (secondary N) is 3. The van der Waals surface area contributed by atoms with E-state index in [1.165, 1.54) is 6.20 Å². The summed E-state index contributed by atoms with van der Waals surface area (Å²) in [7, 11) is 0. The third-order valence-electron chi connectivity index (χ3n) is 2.98. The van der Waals surface area contributed by atoms with Crippen LogP contribution >= 0.6 is 11.3 Å². The van der Waals surface area contributed by atoms with Crippen molar-refractivity contribution in [2.75, 3.05) is 11.9 Å². The fourth-order valence-corrected chi connectivity index (χ4v) is 2.60. The second-order valence-electron chi connectivity index (χ2n) is 4.95. The normalized spacial score (nSPS) is 12.0. The summed E-state index contributed by atoms with van der Waals surface area (Å²) in [5, 5.41) is 6.49. The molecule has 112 valence electrons. The zero-order valence-electron chi connectivity index (χ0n) is 12.2. The van der Waals surface area contributed by atoms with Crippen LogP contribution in [0, 0.1) is 13.8 Å². The number of aromatic nitrogens is 2. The molecule has 0 unspecified atom stereocenters. The number of carbonyl (C=O) groups excluding carboxylic acids is 1. The van der Waals surface area contributed by atoms with E-state index in [1.807, 2.05) is 20.0 Å². The molecule has 2 aromatic rings. The Kier molecular flexibility index (Phi) is 4.74. The van der Waals surface area contributed by atoms with Gasteiger partial charge >= 0.3 is 6.03 Å². The number of H-pyrrole nitrogens is 1. The van der Waals surface area contributed by atoms with Crippen molar-refractivity contribution in [2.24, 2.45) is 0 Å². The number of rotatable bonds is 4. The van der Waals surface area contributed by atoms with Crippen molar-refractivity contribution in [1.29, 1.82) is 0 Å². The first-order valence-corrected chi connectivity index (χ1v) is 7.44. The van der Waals surface area contributed by atoms with Gasteiger partial charge < -0.3 is 15.6 Å². The predicted octanol–water partition coefficient (Wildman–Crippen LogP) is 2.37. The van der Waals surface area contributed by atoms with Gasteiger partial charge in [0.25, 0.3) is 5.56 Å². The number of hydrogen-bond donors (Lipinski definition) is 3. The number of nitrogens with zero attached hydrogens (tertiary/aromatic N) is 1. The maximum atomic E-state index is 11.8. The first-order chi connectivity index (χ1) is 9.95. The van der Waals surface area contributed by atoms with Crippen LogP contribution in [0.2, 0.25) is 0 Å². The molecule has 0 spiro atoms. The zero-order valence-corrected chi connectivity index (χ0v) is 13.0. The molecule has 1 atom stereocenters. The number of hydrogen-bond acceptors (Lipinski definition) is 4. The molecule has 0 aromatic carbocycles. The molecule has 0 fully saturated rings. The first-order valence-electron chi connectivity index (χ1n) is 6.62. The van der Waals surface area contributed by atoms with Gasteiger partial charge in [-0.15, -0.1) is 11.3 Å². The van der Waals surface area contributed by atoms with Gasteiger partial charge in [-0.2, -0.15) is 0 Å². The number of pyridine rings is 1. The van der Waals surface area contributed by atoms with Crippen LogP contribution in [0.1, 0.15) is 28.3 Å². The Labute approximate surface area is 126 Å². The van der Waals surface area contributed by atoms with Crippen LogP contribution in [-0.2, 0) is 0 Å². The van der Waals surface area contributed by atoms with Crippen LogP contribution in [0.15, 0.2) is 23.3 Å². The number of amides is 2. The topological polar surface area (TPSA) is 86.9 Å². The summed E-state index contributed by atoms with van der Waals surface area (Å²) < 4.78 is 0. The van der Waals surface area contributed by atoms with Crippen molar-refractivity contribution in [3.05, 3.63) is 44.3 Å². The van der Waals surface area contributed by atoms with Crippen molar-refractivity contribution < 1.29 is 4.79 Å². The minimum atomic E-state index is -0.304. The summed E-state index contributed by atoms with van der Waals surface area (Å²) in [6.07, 6.45) is 3.31. The Balaban J connectivity index is 1.87. The lowest BCUT2D eigenvalue weighted by molar-refractivity contribution is 0.251. The molecule has 6 nitrogen and oxygen atoms in total. The minimum Gasteiger partial charge on any atom is -0.337 e. The first kappa shape index (κ1) is 15.2. The average molecular weight is 306 g/mol. The molecule has 2 amide bonds. The molecule has 3 N–H and O–H groups in total. The van der Waals surface area contributed by atoms with Gasteiger partial charge in [0.1, 0.15) is 0 Å². The Bertz CT molecular complexity index is 692. The monoisotopic (exact) mass is 306 g/mol. The van der Waals surface area contributed by atoms with Gasteiger partial charge in [-0.1, -0.05) is 6.92 Å². The van der Waals surface area contributed by atoms with E-state index in [0.29, 0.717) is 17.8 Å². The molecule has 7 heteroatoms. The predicted molar refractivity (Wildman–Crippen MR) is 84.1 cm³/mol. The molecule has 0 aliphatic rings. The molecule has 0 bridgehead atoms. The Morgan fingerprint density at radius 1 is 1.48 bits per heavy atom. The summed E-state index contributed by atoms with van der Waals surface area (Å²) in [4.78, 5) is 31.1. The second kappa shape index (κ2) is 6.53. The van der Waals surface area contributed by atoms with Gasteiger partial charge in [-0.25, -0.2) is 9.78 Å². The molecule has 0 radical (unpaired) electrons. The van der Waals surface area contributed by atoms with Crippen molar-refractivity contribution >= 4 is 23.1 Å². The third kappa shape index (κ3) is 4.16. The fourth-order valence-electron chi connectivity index (χ4n) is 1.78. The smallest absolute Gasteiger partial charge is 0.319 e. The Hall–Kier alpha value is -2.15. The highest BCUT2D eigenvalue weighted by Crippen LogP contribution is 2.20. The lowest BCUT2D eigenvalue weighted by atomic mass is 10.2. The van der Waals surface area contributed by atoms with Crippen LogP contribution in [-0.4, -0.2) is 22.5 Å². The molecule has 0 saturated carbocycles. The van der Waals surface area contributed by atoms with Gasteiger partial charge in [0.05, 0.1) is 10.7 Å². The van der Waals surface area contributed by atoms with E-state index in [-0.39, 0.29) is 17.5 Å². The molecule has 0 aliphatic carbocycles. The highest BCUT2D eigenvalue weighted by atomic mass is 32.1. The standard InChI is InChI=1S/C14H18N4O2S/c1-8-4-11(7-15-12(8)19)18-14(20)17-5-9(2)13-16-6-10(3)21-13/h4,6-7,9H,5H2,1-3H3,(H,15,19)(H2,17,18,20)/t9-/m1/s1. The van der Waals surface area contributed by atoms with E-state index in [1.54, 1.807) is 24.3 Å². The number of carbonyl (C=O) groups is 1. The number of urea groups is 1. The highest BCUT2D eigenvalue weighted by molar-refractivity contribution is 7.11. The summed E-state index contributed by atoms with van der Waals surface area (Å²) >= 11 is 1.63. The SMILES string of the molecule is Cc1cnc([C@H](C)CNC(=O)Nc2c[nH]c(=O)c(C)c2)s1. The minimum absolute atomic E-state index is 0.159. The summed E-state index contributed by atoms with van der Waals surface area (Å²) in [5.41, 5.74) is 0.954. The molecule has 21 heavy (non-hydrogen) atoms. The van der Waals surface area contributed by atoms with Crippen LogP contribution in [0.4, 0.5) is 10.5 Å². The van der Waals surface area contributed by atoms with E-state index in [0.717, 1.165) is 9.88 Å². The van der Waals surface area contributed by atoms with Gasteiger partial charge in [-0.05, 0) is 19.9 Å². The fraction of sp³-hybridized carbons (Fsp3) is 0.357. The van der Waals surface area contributed by atoms with E-state index in [9.17, 15) is 9.59 Å². The van der Waals surface area contributed by atoms with Crippen molar-refractivity contribution in [2.45, 2.75) is 26.7 Å². The second-order valence-corrected chi connectivity index (χ2v) is 6.21. The van der Waals surface area contributed by atoms with Gasteiger partial charge in [0.2, 0.25) is 0 Å². The molecule has 2 heterocycles. The number of aromatic amines is 1. The maximum Gasteiger partial charge on any atom is 0.319 e. The van der Waals surface area contributed by atoms with Gasteiger partial charge in [0.15, 0.2) is 0 Å². The molecular formula is C14H18N4O2S. The summed E-state index contributed by atoms with van der Waals surface area (Å²) in [6.45, 7) is 6.21. The molecule has 2 aromatic heterocycles. The Morgan fingerprint density at radius 2 is 2.24 bits per heavy atom. The average Bonchev–Trinajstić information content (AvgIpc) is 2.87. The summed E-state index contributed by atoms with van der Waals surface area (Å²) in [6, 6.07) is 1.33. The number of anilines is 1. The quantitative estimate of drug-likeness (QED) is 0.810. The van der Waals surface area contributed by atoms with E-state index < -0.39 is 0 Å². The van der Waals surface area contributed by atoms with Gasteiger partial charge in [0, 0.05) is 35.3 Å². The molecular weight excluding hydrogens is 288 g/mol. The number of thiazole rings is 1. The molecule has 0 aliphatic heterocycles. The molecule has 2 rings (SSSR count). The largest absolute Gasteiger partial charge is 0.337 e. The van der Waals surface area contributed by atoms with E-state index in [4.69, 9.17) is 0 Å². The molecule has 0 saturated heterocycles. The maximum absolute atomic E-state index is 11.8. The van der Waals surface area contributed by atoms with Gasteiger partial charge in [-0.3, -0.25) is 4.79 Å². The lowest BCUT2D eigenvalue weighted by Gasteiger charge is -2.11. The van der Waals surface area contributed by atoms with Crippen LogP contribution in [0.25, 0.3) is 0 Å². The zero-order chi connectivity index (χ0) is 15.4. The van der Waals surface area contributed by atoms with Crippen molar-refractivity contribution in [3.63, 3.8) is 0 Å². The van der Waals surface area contributed by atoms with Crippen LogP contribution in [0.3, 0.4) is 0 Å². The van der Waals surface area contributed by atoms with Crippen LogP contribution < -0.4 is 16.2 Å². The van der Waals surface area contributed by atoms with E-state index >= 15 is 0 Å². The number of aryl methyl sites for hydroxylation is 2. The lowest BCUT2D eigenvalue weighted by Crippen LogP contribution is -2.32. The van der Waals surface area contributed by atoms with Crippen molar-refractivity contribution in [1.82, 2.24) is 15.3 Å². The highest BCUT2D eigenvalue weighted by Gasteiger charge is 2.11. The summed E-state index contributed by atoms with van der Waals surface area (Å²) in [5.74, 6) is 0.159. The van der Waals surface area contributed by atoms with E-state index in [2.05, 4.69) is 20.6 Å². The third-order valence-corrected chi connectivity index (χ3v) is 4.12. The Morgan fingerprint density at radius 3 is 2.86 bits per heavy atom.